The topological polar surface area (TPSA) is 55.8 Å². The lowest BCUT2D eigenvalue weighted by Gasteiger charge is -2.34. The number of β-amino-alcohol motifs (C(OH)–C–C–N with tert-alkyl or cyclic N) is 1. The fraction of sp³-hybridized carbons (Fsp3) is 0.632. The number of carbonyl (C=O) groups is 1. The first-order chi connectivity index (χ1) is 11.6. The van der Waals surface area contributed by atoms with E-state index in [-0.39, 0.29) is 11.8 Å². The zero-order chi connectivity index (χ0) is 17.4. The van der Waals surface area contributed by atoms with Gasteiger partial charge in [-0.25, -0.2) is 0 Å². The summed E-state index contributed by atoms with van der Waals surface area (Å²) in [5, 5.41) is 13.3. The molecule has 1 aromatic carbocycles. The summed E-state index contributed by atoms with van der Waals surface area (Å²) in [4.78, 5) is 16.4. The Balaban J connectivity index is 1.74. The first-order valence-electron chi connectivity index (χ1n) is 8.99. The number of hydrogen-bond acceptors (Lipinski definition) is 4. The van der Waals surface area contributed by atoms with Gasteiger partial charge < -0.3 is 10.4 Å². The highest BCUT2D eigenvalue weighted by atomic mass is 16.3. The minimum Gasteiger partial charge on any atom is -0.390 e. The molecule has 0 radical (unpaired) electrons. The second kappa shape index (κ2) is 9.77. The monoisotopic (exact) mass is 333 g/mol. The third kappa shape index (κ3) is 6.23. The Morgan fingerprint density at radius 3 is 2.88 bits per heavy atom. The van der Waals surface area contributed by atoms with Crippen LogP contribution in [-0.2, 0) is 11.3 Å². The van der Waals surface area contributed by atoms with E-state index in [1.165, 1.54) is 5.56 Å². The highest BCUT2D eigenvalue weighted by Crippen LogP contribution is 2.17. The Kier molecular flexibility index (Phi) is 7.69. The molecule has 5 nitrogen and oxygen atoms in total. The van der Waals surface area contributed by atoms with Gasteiger partial charge in [0.25, 0.3) is 0 Å². The maximum Gasteiger partial charge on any atom is 0.224 e. The molecule has 1 heterocycles. The fourth-order valence-electron chi connectivity index (χ4n) is 3.43. The summed E-state index contributed by atoms with van der Waals surface area (Å²) in [5.41, 5.74) is 1.25. The van der Waals surface area contributed by atoms with E-state index in [9.17, 15) is 9.90 Å². The number of rotatable bonds is 8. The Bertz CT molecular complexity index is 495. The molecule has 2 unspecified atom stereocenters. The van der Waals surface area contributed by atoms with Crippen LogP contribution in [0.4, 0.5) is 0 Å². The molecule has 1 fully saturated rings. The van der Waals surface area contributed by atoms with E-state index in [4.69, 9.17) is 0 Å². The Labute approximate surface area is 145 Å². The molecule has 0 bridgehead atoms. The van der Waals surface area contributed by atoms with Crippen molar-refractivity contribution in [3.05, 3.63) is 35.9 Å². The van der Waals surface area contributed by atoms with Gasteiger partial charge in [-0.05, 0) is 38.9 Å². The van der Waals surface area contributed by atoms with E-state index in [2.05, 4.69) is 27.2 Å². The molecule has 2 N–H and O–H groups in total. The van der Waals surface area contributed by atoms with Gasteiger partial charge in [-0.3, -0.25) is 14.6 Å². The largest absolute Gasteiger partial charge is 0.390 e. The van der Waals surface area contributed by atoms with E-state index in [0.717, 1.165) is 32.5 Å². The number of aliphatic hydroxyl groups is 1. The van der Waals surface area contributed by atoms with Gasteiger partial charge in [-0.2, -0.15) is 0 Å². The molecule has 1 amide bonds. The van der Waals surface area contributed by atoms with Gasteiger partial charge >= 0.3 is 0 Å². The number of nitrogens with zero attached hydrogens (tertiary/aromatic N) is 2. The highest BCUT2D eigenvalue weighted by Gasteiger charge is 2.26. The first kappa shape index (κ1) is 18.9. The van der Waals surface area contributed by atoms with Crippen molar-refractivity contribution < 1.29 is 9.90 Å². The highest BCUT2D eigenvalue weighted by molar-refractivity contribution is 5.78. The van der Waals surface area contributed by atoms with E-state index in [0.29, 0.717) is 19.6 Å². The molecule has 24 heavy (non-hydrogen) atoms. The second-order valence-electron chi connectivity index (χ2n) is 6.83. The number of piperidine rings is 1. The smallest absolute Gasteiger partial charge is 0.224 e. The maximum absolute atomic E-state index is 12.0. The second-order valence-corrected chi connectivity index (χ2v) is 6.83. The van der Waals surface area contributed by atoms with Crippen LogP contribution in [0.2, 0.25) is 0 Å². The molecule has 1 aliphatic rings. The van der Waals surface area contributed by atoms with Crippen molar-refractivity contribution in [1.29, 1.82) is 0 Å². The molecule has 134 valence electrons. The minimum absolute atomic E-state index is 0.0629. The molecular formula is C19H31N3O2. The van der Waals surface area contributed by atoms with Crippen LogP contribution < -0.4 is 5.32 Å². The van der Waals surface area contributed by atoms with Crippen LogP contribution in [0, 0.1) is 5.92 Å². The van der Waals surface area contributed by atoms with Crippen LogP contribution in [0.3, 0.4) is 0 Å². The molecule has 2 rings (SSSR count). The molecule has 1 aliphatic heterocycles. The average molecular weight is 333 g/mol. The lowest BCUT2D eigenvalue weighted by atomic mass is 9.97. The van der Waals surface area contributed by atoms with Crippen molar-refractivity contribution in [3.8, 4) is 0 Å². The van der Waals surface area contributed by atoms with Crippen LogP contribution in [0.25, 0.3) is 0 Å². The number of hydrogen-bond donors (Lipinski definition) is 2. The summed E-state index contributed by atoms with van der Waals surface area (Å²) in [7, 11) is 2.03. The minimum atomic E-state index is -0.397. The van der Waals surface area contributed by atoms with E-state index in [1.54, 1.807) is 0 Å². The summed E-state index contributed by atoms with van der Waals surface area (Å²) >= 11 is 0. The predicted molar refractivity (Wildman–Crippen MR) is 96.6 cm³/mol. The van der Waals surface area contributed by atoms with Gasteiger partial charge in [0.05, 0.1) is 12.0 Å². The Hall–Kier alpha value is -1.43. The normalized spacial score (nSPS) is 20.1. The van der Waals surface area contributed by atoms with Crippen molar-refractivity contribution in [1.82, 2.24) is 15.1 Å². The summed E-state index contributed by atoms with van der Waals surface area (Å²) in [5.74, 6) is 0.214. The number of carbonyl (C=O) groups excluding carboxylic acids is 1. The zero-order valence-electron chi connectivity index (χ0n) is 14.9. The number of nitrogens with one attached hydrogen (secondary N) is 1. The molecule has 0 saturated carbocycles. The molecule has 1 aromatic rings. The van der Waals surface area contributed by atoms with Gasteiger partial charge in [-0.1, -0.05) is 30.3 Å². The van der Waals surface area contributed by atoms with Gasteiger partial charge in [0.15, 0.2) is 0 Å². The van der Waals surface area contributed by atoms with Crippen molar-refractivity contribution in [2.45, 2.75) is 32.4 Å². The maximum atomic E-state index is 12.0. The van der Waals surface area contributed by atoms with Gasteiger partial charge in [0.1, 0.15) is 0 Å². The average Bonchev–Trinajstić information content (AvgIpc) is 2.56. The first-order valence-corrected chi connectivity index (χ1v) is 8.99. The van der Waals surface area contributed by atoms with E-state index < -0.39 is 6.10 Å². The van der Waals surface area contributed by atoms with Crippen molar-refractivity contribution in [2.75, 3.05) is 39.8 Å². The van der Waals surface area contributed by atoms with Crippen LogP contribution in [0.15, 0.2) is 30.3 Å². The standard InChI is InChI=1S/C19H31N3O2/c1-3-20-19(24)17-10-7-11-22(13-17)15-18(23)14-21(2)12-16-8-5-4-6-9-16/h4-6,8-9,17-18,23H,3,7,10-15H2,1-2H3,(H,20,24). The molecule has 0 spiro atoms. The molecule has 0 aliphatic carbocycles. The quantitative estimate of drug-likeness (QED) is 0.754. The van der Waals surface area contributed by atoms with Crippen LogP contribution in [0.1, 0.15) is 25.3 Å². The van der Waals surface area contributed by atoms with Crippen LogP contribution in [0.5, 0.6) is 0 Å². The SMILES string of the molecule is CCNC(=O)C1CCCN(CC(O)CN(C)Cc2ccccc2)C1. The Morgan fingerprint density at radius 2 is 2.17 bits per heavy atom. The molecule has 1 saturated heterocycles. The summed E-state index contributed by atoms with van der Waals surface area (Å²) in [6.07, 6.45) is 1.58. The lowest BCUT2D eigenvalue weighted by Crippen LogP contribution is -2.47. The third-order valence-corrected chi connectivity index (χ3v) is 4.51. The molecule has 5 heteroatoms. The van der Waals surface area contributed by atoms with Gasteiger partial charge in [-0.15, -0.1) is 0 Å². The summed E-state index contributed by atoms with van der Waals surface area (Å²) in [6.45, 7) is 6.46. The van der Waals surface area contributed by atoms with Crippen LogP contribution in [-0.4, -0.2) is 66.7 Å². The fourth-order valence-corrected chi connectivity index (χ4v) is 3.43. The number of amides is 1. The van der Waals surface area contributed by atoms with Crippen LogP contribution >= 0.6 is 0 Å². The lowest BCUT2D eigenvalue weighted by molar-refractivity contribution is -0.126. The zero-order valence-corrected chi connectivity index (χ0v) is 14.9. The third-order valence-electron chi connectivity index (χ3n) is 4.51. The predicted octanol–water partition coefficient (Wildman–Crippen LogP) is 1.33. The van der Waals surface area contributed by atoms with E-state index >= 15 is 0 Å². The molecular weight excluding hydrogens is 302 g/mol. The van der Waals surface area contributed by atoms with Gasteiger partial charge in [0, 0.05) is 32.7 Å². The van der Waals surface area contributed by atoms with Gasteiger partial charge in [0.2, 0.25) is 5.91 Å². The van der Waals surface area contributed by atoms with Crippen molar-refractivity contribution in [3.63, 3.8) is 0 Å². The number of aliphatic hydroxyl groups excluding tert-OH is 1. The Morgan fingerprint density at radius 1 is 1.42 bits per heavy atom. The van der Waals surface area contributed by atoms with Crippen molar-refractivity contribution >= 4 is 5.91 Å². The molecule has 2 atom stereocenters. The number of likely N-dealkylation sites (N-methyl/N-ethyl adjacent to an activating group) is 1. The number of benzene rings is 1. The van der Waals surface area contributed by atoms with Crippen molar-refractivity contribution in [2.24, 2.45) is 5.92 Å². The number of likely N-dealkylation sites (tertiary alicyclic amines) is 1. The summed E-state index contributed by atoms with van der Waals surface area (Å²) < 4.78 is 0. The summed E-state index contributed by atoms with van der Waals surface area (Å²) in [6, 6.07) is 10.3. The molecule has 0 aromatic heterocycles. The van der Waals surface area contributed by atoms with E-state index in [1.807, 2.05) is 32.2 Å².